The molecule has 318 valence electrons. The Balaban J connectivity index is 1.03. The Hall–Kier alpha value is -7.63. The van der Waals surface area contributed by atoms with Crippen LogP contribution in [0.2, 0.25) is 0 Å². The Bertz CT molecular complexity index is 3170. The normalized spacial score (nSPS) is 11.3. The fourth-order valence-electron chi connectivity index (χ4n) is 7.63. The minimum atomic E-state index is -2.25. The molecule has 8 nitrogen and oxygen atoms in total. The molecule has 0 N–H and O–H groups in total. The van der Waals surface area contributed by atoms with E-state index in [1.54, 1.807) is 31.4 Å². The van der Waals surface area contributed by atoms with Gasteiger partial charge in [0, 0.05) is 27.6 Å². The Morgan fingerprint density at radius 1 is 0.354 bits per heavy atom. The molecule has 0 bridgehead atoms. The molecule has 0 aromatic heterocycles. The fraction of sp³-hybridized carbons (Fsp3) is 0.0364. The summed E-state index contributed by atoms with van der Waals surface area (Å²) in [6.07, 6.45) is 0. The first-order valence-corrected chi connectivity index (χ1v) is 23.1. The van der Waals surface area contributed by atoms with E-state index in [9.17, 15) is 0 Å². The molecule has 10 aromatic rings. The lowest BCUT2D eigenvalue weighted by molar-refractivity contribution is 0.103. The SMILES string of the molecule is COc1ccc(C(=O)c2ccc(C)cc2OP(Oc2cccc3ccccc23)Oc2cccc3ccccc23)c(OP(Oc2cccc3ccccc23)Oc2cccc3ccccc23)c1. The van der Waals surface area contributed by atoms with Gasteiger partial charge in [-0.15, -0.1) is 0 Å². The minimum Gasteiger partial charge on any atom is -0.497 e. The summed E-state index contributed by atoms with van der Waals surface area (Å²) in [4.78, 5) is 15.1. The standard InChI is InChI=1S/C55H40O8P2/c1-37-31-33-47(53(35-37)62-64(58-49-27-11-19-38-15-3-7-23-43(38)49)59-50-28-12-20-39-16-4-8-24-44(39)50)55(56)48-34-32-42(57-2)36-54(48)63-65(60-51-29-13-21-40-17-5-9-25-45(40)51)61-52-30-14-22-41-18-6-10-26-46(41)52/h3-36H,1-2H3. The third kappa shape index (κ3) is 8.96. The summed E-state index contributed by atoms with van der Waals surface area (Å²) in [6, 6.07) is 65.5. The van der Waals surface area contributed by atoms with E-state index in [1.807, 2.05) is 189 Å². The fourth-order valence-corrected chi connectivity index (χ4v) is 9.75. The zero-order valence-corrected chi connectivity index (χ0v) is 37.1. The van der Waals surface area contributed by atoms with Gasteiger partial charge >= 0.3 is 17.2 Å². The van der Waals surface area contributed by atoms with Crippen molar-refractivity contribution in [3.05, 3.63) is 223 Å². The number of carbonyl (C=O) groups excluding carboxylic acids is 1. The van der Waals surface area contributed by atoms with Crippen LogP contribution in [-0.2, 0) is 0 Å². The van der Waals surface area contributed by atoms with Crippen molar-refractivity contribution in [1.29, 1.82) is 0 Å². The number of ketones is 1. The van der Waals surface area contributed by atoms with Crippen molar-refractivity contribution in [2.45, 2.75) is 6.92 Å². The summed E-state index contributed by atoms with van der Waals surface area (Å²) in [7, 11) is -2.91. The summed E-state index contributed by atoms with van der Waals surface area (Å²) < 4.78 is 45.9. The number of hydrogen-bond donors (Lipinski definition) is 0. The molecular formula is C55H40O8P2. The monoisotopic (exact) mass is 890 g/mol. The van der Waals surface area contributed by atoms with Gasteiger partial charge in [0.25, 0.3) is 0 Å². The number of hydrogen-bond acceptors (Lipinski definition) is 8. The Kier molecular flexibility index (Phi) is 11.8. The minimum absolute atomic E-state index is 0.189. The zero-order chi connectivity index (χ0) is 44.1. The molecule has 0 atom stereocenters. The topological polar surface area (TPSA) is 81.7 Å². The largest absolute Gasteiger partial charge is 0.530 e. The highest BCUT2D eigenvalue weighted by Crippen LogP contribution is 2.49. The summed E-state index contributed by atoms with van der Waals surface area (Å²) in [5.74, 6) is 2.82. The van der Waals surface area contributed by atoms with E-state index in [0.717, 1.165) is 48.7 Å². The average Bonchev–Trinajstić information content (AvgIpc) is 3.34. The van der Waals surface area contributed by atoms with Gasteiger partial charge in [0.05, 0.1) is 18.2 Å². The van der Waals surface area contributed by atoms with E-state index < -0.39 is 17.2 Å². The Labute approximate surface area is 378 Å². The molecule has 0 heterocycles. The van der Waals surface area contributed by atoms with Gasteiger partial charge in [-0.3, -0.25) is 4.79 Å². The first kappa shape index (κ1) is 41.4. The van der Waals surface area contributed by atoms with Crippen LogP contribution < -0.4 is 31.9 Å². The highest BCUT2D eigenvalue weighted by atomic mass is 31.2. The smallest absolute Gasteiger partial charge is 0.497 e. The van der Waals surface area contributed by atoms with E-state index in [-0.39, 0.29) is 28.4 Å². The van der Waals surface area contributed by atoms with Crippen molar-refractivity contribution in [3.63, 3.8) is 0 Å². The molecule has 65 heavy (non-hydrogen) atoms. The van der Waals surface area contributed by atoms with Gasteiger partial charge in [0.15, 0.2) is 0 Å². The molecule has 10 heteroatoms. The molecule has 0 amide bonds. The molecule has 0 aliphatic heterocycles. The van der Waals surface area contributed by atoms with Crippen LogP contribution in [0.15, 0.2) is 206 Å². The zero-order valence-electron chi connectivity index (χ0n) is 35.3. The van der Waals surface area contributed by atoms with Crippen LogP contribution in [0.4, 0.5) is 0 Å². The van der Waals surface area contributed by atoms with E-state index in [1.165, 1.54) is 0 Å². The first-order chi connectivity index (χ1) is 32.0. The first-order valence-electron chi connectivity index (χ1n) is 20.9. The second-order valence-electron chi connectivity index (χ2n) is 15.1. The van der Waals surface area contributed by atoms with Gasteiger partial charge < -0.3 is 31.9 Å². The van der Waals surface area contributed by atoms with Crippen molar-refractivity contribution < 1.29 is 36.7 Å². The summed E-state index contributed by atoms with van der Waals surface area (Å²) in [5.41, 5.74) is 1.35. The molecule has 0 unspecified atom stereocenters. The Morgan fingerprint density at radius 2 is 0.677 bits per heavy atom. The van der Waals surface area contributed by atoms with Crippen LogP contribution in [0.25, 0.3) is 43.1 Å². The highest BCUT2D eigenvalue weighted by Gasteiger charge is 2.30. The quantitative estimate of drug-likeness (QED) is 0.0744. The predicted octanol–water partition coefficient (Wildman–Crippen LogP) is 15.4. The maximum atomic E-state index is 15.1. The van der Waals surface area contributed by atoms with E-state index >= 15 is 4.79 Å². The lowest BCUT2D eigenvalue weighted by Gasteiger charge is -2.22. The molecule has 10 aromatic carbocycles. The van der Waals surface area contributed by atoms with Crippen LogP contribution in [0.5, 0.6) is 40.2 Å². The molecule has 0 aliphatic carbocycles. The molecule has 0 fully saturated rings. The van der Waals surface area contributed by atoms with E-state index in [0.29, 0.717) is 28.7 Å². The van der Waals surface area contributed by atoms with Gasteiger partial charge in [-0.1, -0.05) is 152 Å². The molecule has 0 spiro atoms. The highest BCUT2D eigenvalue weighted by molar-refractivity contribution is 7.43. The van der Waals surface area contributed by atoms with Gasteiger partial charge in [-0.05, 0) is 82.6 Å². The number of ether oxygens (including phenoxy) is 1. The molecule has 0 saturated heterocycles. The van der Waals surface area contributed by atoms with Crippen molar-refractivity contribution in [2.75, 3.05) is 7.11 Å². The van der Waals surface area contributed by atoms with Gasteiger partial charge in [0.2, 0.25) is 5.78 Å². The summed E-state index contributed by atoms with van der Waals surface area (Å²) >= 11 is 0. The van der Waals surface area contributed by atoms with Crippen LogP contribution in [-0.4, -0.2) is 12.9 Å². The summed E-state index contributed by atoms with van der Waals surface area (Å²) in [5, 5.41) is 7.51. The number of fused-ring (bicyclic) bond motifs is 4. The molecule has 0 radical (unpaired) electrons. The number of methoxy groups -OCH3 is 1. The maximum Gasteiger partial charge on any atom is 0.530 e. The number of aryl methyl sites for hydroxylation is 1. The van der Waals surface area contributed by atoms with Gasteiger partial charge in [0.1, 0.15) is 40.2 Å². The predicted molar refractivity (Wildman–Crippen MR) is 261 cm³/mol. The summed E-state index contributed by atoms with van der Waals surface area (Å²) in [6.45, 7) is 1.94. The van der Waals surface area contributed by atoms with Crippen molar-refractivity contribution in [1.82, 2.24) is 0 Å². The maximum absolute atomic E-state index is 15.1. The second kappa shape index (κ2) is 18.6. The van der Waals surface area contributed by atoms with Crippen molar-refractivity contribution >= 4 is 66.1 Å². The number of carbonyl (C=O) groups is 1. The van der Waals surface area contributed by atoms with Crippen molar-refractivity contribution in [2.24, 2.45) is 0 Å². The van der Waals surface area contributed by atoms with E-state index in [2.05, 4.69) is 0 Å². The Morgan fingerprint density at radius 3 is 1.06 bits per heavy atom. The molecular weight excluding hydrogens is 851 g/mol. The van der Waals surface area contributed by atoms with Gasteiger partial charge in [-0.25, -0.2) is 0 Å². The van der Waals surface area contributed by atoms with Crippen LogP contribution in [0.1, 0.15) is 21.5 Å². The van der Waals surface area contributed by atoms with Crippen LogP contribution >= 0.6 is 17.2 Å². The third-order valence-corrected chi connectivity index (χ3v) is 12.9. The number of benzene rings is 10. The molecule has 0 saturated carbocycles. The lowest BCUT2D eigenvalue weighted by Crippen LogP contribution is -2.10. The average molecular weight is 891 g/mol. The van der Waals surface area contributed by atoms with Crippen LogP contribution in [0.3, 0.4) is 0 Å². The second-order valence-corrected chi connectivity index (χ2v) is 17.1. The molecule has 10 rings (SSSR count). The number of rotatable bonds is 15. The lowest BCUT2D eigenvalue weighted by atomic mass is 10.0. The van der Waals surface area contributed by atoms with Crippen LogP contribution in [0, 0.1) is 6.92 Å². The third-order valence-electron chi connectivity index (χ3n) is 10.9. The molecule has 0 aliphatic rings. The van der Waals surface area contributed by atoms with Crippen molar-refractivity contribution in [3.8, 4) is 40.2 Å². The van der Waals surface area contributed by atoms with E-state index in [4.69, 9.17) is 31.9 Å². The van der Waals surface area contributed by atoms with Gasteiger partial charge in [-0.2, -0.15) is 0 Å².